The Morgan fingerprint density at radius 2 is 1.75 bits per heavy atom. The third kappa shape index (κ3) is 3.17. The number of hydrogen-bond acceptors (Lipinski definition) is 4. The molecule has 20 heavy (non-hydrogen) atoms. The highest BCUT2D eigenvalue weighted by Gasteiger charge is 2.51. The largest absolute Gasteiger partial charge is 0.381 e. The Hall–Kier alpha value is -1.43. The van der Waals surface area contributed by atoms with Crippen LogP contribution < -0.4 is 5.32 Å². The summed E-state index contributed by atoms with van der Waals surface area (Å²) < 4.78 is 5.33. The lowest BCUT2D eigenvalue weighted by Crippen LogP contribution is -2.63. The van der Waals surface area contributed by atoms with Crippen LogP contribution in [-0.2, 0) is 14.3 Å². The second-order valence-electron chi connectivity index (χ2n) is 4.97. The van der Waals surface area contributed by atoms with Crippen LogP contribution in [-0.4, -0.2) is 42.5 Å². The van der Waals surface area contributed by atoms with E-state index < -0.39 is 17.4 Å². The maximum atomic E-state index is 12.5. The second-order valence-corrected chi connectivity index (χ2v) is 4.97. The van der Waals surface area contributed by atoms with Gasteiger partial charge in [-0.05, 0) is 25.7 Å². The van der Waals surface area contributed by atoms with Crippen LogP contribution in [0.4, 0.5) is 4.79 Å². The summed E-state index contributed by atoms with van der Waals surface area (Å²) in [6, 6.07) is -0.618. The molecule has 114 valence electrons. The van der Waals surface area contributed by atoms with Gasteiger partial charge in [0.05, 0.1) is 0 Å². The maximum absolute atomic E-state index is 12.5. The summed E-state index contributed by atoms with van der Waals surface area (Å²) in [5.41, 5.74) is -1.10. The Bertz CT molecular complexity index is 377. The molecule has 0 aliphatic carbocycles. The molecule has 0 aromatic carbocycles. The molecule has 1 rings (SSSR count). The minimum atomic E-state index is -1.10. The van der Waals surface area contributed by atoms with Gasteiger partial charge in [0, 0.05) is 19.8 Å². The van der Waals surface area contributed by atoms with Gasteiger partial charge in [-0.1, -0.05) is 20.8 Å². The Labute approximate surface area is 119 Å². The molecule has 1 aliphatic rings. The average Bonchev–Trinajstić information content (AvgIpc) is 2.43. The Morgan fingerprint density at radius 1 is 1.10 bits per heavy atom. The highest BCUT2D eigenvalue weighted by atomic mass is 16.5. The van der Waals surface area contributed by atoms with Gasteiger partial charge >= 0.3 is 6.03 Å². The van der Waals surface area contributed by atoms with Crippen molar-refractivity contribution in [2.75, 3.05) is 19.8 Å². The number of barbiturate groups is 1. The lowest BCUT2D eigenvalue weighted by Gasteiger charge is -2.38. The van der Waals surface area contributed by atoms with Gasteiger partial charge in [0.1, 0.15) is 5.41 Å². The van der Waals surface area contributed by atoms with Crippen LogP contribution in [0.1, 0.15) is 46.5 Å². The first-order valence-corrected chi connectivity index (χ1v) is 7.28. The summed E-state index contributed by atoms with van der Waals surface area (Å²) in [6.45, 7) is 7.06. The summed E-state index contributed by atoms with van der Waals surface area (Å²) in [5, 5.41) is 2.29. The van der Waals surface area contributed by atoms with Crippen molar-refractivity contribution in [3.8, 4) is 0 Å². The van der Waals surface area contributed by atoms with Gasteiger partial charge < -0.3 is 4.74 Å². The van der Waals surface area contributed by atoms with Crippen LogP contribution in [0, 0.1) is 5.41 Å². The van der Waals surface area contributed by atoms with E-state index in [1.54, 1.807) is 13.8 Å². The number of hydrogen-bond donors (Lipinski definition) is 1. The predicted molar refractivity (Wildman–Crippen MR) is 74.0 cm³/mol. The molecule has 1 heterocycles. The first-order valence-electron chi connectivity index (χ1n) is 7.28. The van der Waals surface area contributed by atoms with Gasteiger partial charge in [0.25, 0.3) is 0 Å². The molecule has 0 unspecified atom stereocenters. The number of amides is 4. The average molecular weight is 284 g/mol. The molecule has 1 saturated heterocycles. The van der Waals surface area contributed by atoms with Gasteiger partial charge in [0.2, 0.25) is 11.8 Å². The Morgan fingerprint density at radius 3 is 2.30 bits per heavy atom. The maximum Gasteiger partial charge on any atom is 0.330 e. The topological polar surface area (TPSA) is 75.7 Å². The van der Waals surface area contributed by atoms with Crippen LogP contribution in [0.3, 0.4) is 0 Å². The van der Waals surface area contributed by atoms with E-state index in [1.165, 1.54) is 0 Å². The molecule has 0 spiro atoms. The molecule has 0 aromatic rings. The van der Waals surface area contributed by atoms with Crippen molar-refractivity contribution >= 4 is 17.8 Å². The van der Waals surface area contributed by atoms with Crippen molar-refractivity contribution in [1.82, 2.24) is 10.2 Å². The zero-order valence-electron chi connectivity index (χ0n) is 12.5. The zero-order chi connectivity index (χ0) is 15.2. The van der Waals surface area contributed by atoms with E-state index in [4.69, 9.17) is 4.74 Å². The Kier molecular flexibility index (Phi) is 6.13. The third-order valence-corrected chi connectivity index (χ3v) is 3.78. The summed E-state index contributed by atoms with van der Waals surface area (Å²) in [4.78, 5) is 37.3. The van der Waals surface area contributed by atoms with E-state index in [-0.39, 0.29) is 12.5 Å². The van der Waals surface area contributed by atoms with E-state index in [0.717, 1.165) is 11.3 Å². The van der Waals surface area contributed by atoms with Crippen LogP contribution in [0.5, 0.6) is 0 Å². The van der Waals surface area contributed by atoms with Gasteiger partial charge in [-0.25, -0.2) is 4.79 Å². The zero-order valence-corrected chi connectivity index (χ0v) is 12.5. The predicted octanol–water partition coefficient (Wildman–Crippen LogP) is 1.69. The molecule has 6 nitrogen and oxygen atoms in total. The fourth-order valence-corrected chi connectivity index (χ4v) is 2.38. The minimum absolute atomic E-state index is 0.281. The SMILES string of the molecule is CCCOCCCN1C(=O)NC(=O)C(CC)(CC)C1=O. The number of carbonyl (C=O) groups excluding carboxylic acids is 3. The van der Waals surface area contributed by atoms with E-state index in [1.807, 2.05) is 6.92 Å². The molecule has 1 aliphatic heterocycles. The van der Waals surface area contributed by atoms with Gasteiger partial charge in [-0.15, -0.1) is 0 Å². The molecule has 0 bridgehead atoms. The molecule has 0 saturated carbocycles. The number of ether oxygens (including phenoxy) is 1. The Balaban J connectivity index is 2.68. The monoisotopic (exact) mass is 284 g/mol. The molecular weight excluding hydrogens is 260 g/mol. The second kappa shape index (κ2) is 7.38. The fraction of sp³-hybridized carbons (Fsp3) is 0.786. The van der Waals surface area contributed by atoms with Crippen molar-refractivity contribution in [3.63, 3.8) is 0 Å². The third-order valence-electron chi connectivity index (χ3n) is 3.78. The van der Waals surface area contributed by atoms with Crippen molar-refractivity contribution in [2.24, 2.45) is 5.41 Å². The van der Waals surface area contributed by atoms with Gasteiger partial charge in [-0.2, -0.15) is 0 Å². The molecule has 4 amide bonds. The summed E-state index contributed by atoms with van der Waals surface area (Å²) in [5.74, 6) is -0.859. The van der Waals surface area contributed by atoms with Crippen molar-refractivity contribution in [2.45, 2.75) is 46.5 Å². The fourth-order valence-electron chi connectivity index (χ4n) is 2.38. The number of rotatable bonds is 8. The standard InChI is InChI=1S/C14H24N2O4/c1-4-9-20-10-7-8-16-12(18)14(5-2,6-3)11(17)15-13(16)19/h4-10H2,1-3H3,(H,15,17,19). The van der Waals surface area contributed by atoms with Crippen LogP contribution in [0.25, 0.3) is 0 Å². The van der Waals surface area contributed by atoms with E-state index in [9.17, 15) is 14.4 Å². The van der Waals surface area contributed by atoms with Crippen molar-refractivity contribution in [1.29, 1.82) is 0 Å². The van der Waals surface area contributed by atoms with Crippen LogP contribution >= 0.6 is 0 Å². The van der Waals surface area contributed by atoms with Crippen molar-refractivity contribution in [3.05, 3.63) is 0 Å². The number of carbonyl (C=O) groups is 3. The first kappa shape index (κ1) is 16.6. The first-order chi connectivity index (χ1) is 9.53. The molecule has 0 atom stereocenters. The molecule has 1 fully saturated rings. The molecular formula is C14H24N2O4. The summed E-state index contributed by atoms with van der Waals surface area (Å²) in [6.07, 6.45) is 2.30. The molecule has 0 aromatic heterocycles. The lowest BCUT2D eigenvalue weighted by atomic mass is 9.78. The van der Waals surface area contributed by atoms with Crippen LogP contribution in [0.2, 0.25) is 0 Å². The highest BCUT2D eigenvalue weighted by Crippen LogP contribution is 2.32. The molecule has 1 N–H and O–H groups in total. The van der Waals surface area contributed by atoms with Gasteiger partial charge in [-0.3, -0.25) is 19.8 Å². The summed E-state index contributed by atoms with van der Waals surface area (Å²) >= 11 is 0. The van der Waals surface area contributed by atoms with E-state index in [2.05, 4.69) is 5.32 Å². The normalized spacial score (nSPS) is 18.4. The quantitative estimate of drug-likeness (QED) is 0.543. The highest BCUT2D eigenvalue weighted by molar-refractivity contribution is 6.19. The van der Waals surface area contributed by atoms with Gasteiger partial charge in [0.15, 0.2) is 0 Å². The van der Waals surface area contributed by atoms with E-state index in [0.29, 0.717) is 32.5 Å². The minimum Gasteiger partial charge on any atom is -0.381 e. The number of nitrogens with zero attached hydrogens (tertiary/aromatic N) is 1. The lowest BCUT2D eigenvalue weighted by molar-refractivity contribution is -0.152. The molecule has 0 radical (unpaired) electrons. The molecule has 6 heteroatoms. The number of urea groups is 1. The number of nitrogens with one attached hydrogen (secondary N) is 1. The smallest absolute Gasteiger partial charge is 0.330 e. The summed E-state index contributed by atoms with van der Waals surface area (Å²) in [7, 11) is 0. The van der Waals surface area contributed by atoms with E-state index >= 15 is 0 Å². The van der Waals surface area contributed by atoms with Crippen molar-refractivity contribution < 1.29 is 19.1 Å². The number of imide groups is 2. The van der Waals surface area contributed by atoms with Crippen LogP contribution in [0.15, 0.2) is 0 Å².